The van der Waals surface area contributed by atoms with Crippen LogP contribution in [-0.2, 0) is 16.0 Å². The van der Waals surface area contributed by atoms with Gasteiger partial charge < -0.3 is 0 Å². The molecule has 0 saturated heterocycles. The van der Waals surface area contributed by atoms with Gasteiger partial charge in [0.2, 0.25) is 0 Å². The van der Waals surface area contributed by atoms with Gasteiger partial charge in [-0.1, -0.05) is 17.4 Å². The van der Waals surface area contributed by atoms with Crippen LogP contribution in [0.2, 0.25) is 0 Å². The van der Waals surface area contributed by atoms with Crippen molar-refractivity contribution in [1.29, 1.82) is 0 Å². The Hall–Kier alpha value is -2.42. The molecular weight excluding hydrogens is 355 g/mol. The molecule has 0 spiro atoms. The van der Waals surface area contributed by atoms with Crippen molar-refractivity contribution in [3.63, 3.8) is 0 Å². The van der Waals surface area contributed by atoms with Crippen LogP contribution < -0.4 is 5.01 Å². The first-order chi connectivity index (χ1) is 11.6. The van der Waals surface area contributed by atoms with Crippen molar-refractivity contribution in [3.8, 4) is 0 Å². The highest BCUT2D eigenvalue weighted by Gasteiger charge is 2.30. The van der Waals surface area contributed by atoms with E-state index in [4.69, 9.17) is 0 Å². The van der Waals surface area contributed by atoms with Crippen molar-refractivity contribution >= 4 is 15.5 Å². The predicted octanol–water partition coefficient (Wildman–Crippen LogP) is 4.04. The Labute approximate surface area is 142 Å². The van der Waals surface area contributed by atoms with Gasteiger partial charge in [-0.25, -0.2) is 13.4 Å². The lowest BCUT2D eigenvalue weighted by molar-refractivity contribution is -0.137. The number of benzene rings is 2. The first-order valence-corrected chi connectivity index (χ1v) is 9.19. The van der Waals surface area contributed by atoms with Gasteiger partial charge in [-0.3, -0.25) is 0 Å². The Morgan fingerprint density at radius 3 is 2.16 bits per heavy atom. The SMILES string of the molecule is CS(=O)(=O)c1ccc(C2CN(c3ccc(C(F)(F)F)cc3)N=N2)cc1. The van der Waals surface area contributed by atoms with Crippen LogP contribution in [0.3, 0.4) is 0 Å². The fraction of sp³-hybridized carbons (Fsp3) is 0.250. The fourth-order valence-corrected chi connectivity index (χ4v) is 3.08. The van der Waals surface area contributed by atoms with Gasteiger partial charge in [-0.2, -0.15) is 18.3 Å². The van der Waals surface area contributed by atoms with Crippen LogP contribution in [-0.4, -0.2) is 21.2 Å². The maximum atomic E-state index is 12.6. The van der Waals surface area contributed by atoms with E-state index in [9.17, 15) is 21.6 Å². The second kappa shape index (κ2) is 6.14. The van der Waals surface area contributed by atoms with E-state index in [1.165, 1.54) is 29.3 Å². The lowest BCUT2D eigenvalue weighted by Crippen LogP contribution is -2.16. The van der Waals surface area contributed by atoms with E-state index in [2.05, 4.69) is 10.3 Å². The predicted molar refractivity (Wildman–Crippen MR) is 85.9 cm³/mol. The van der Waals surface area contributed by atoms with E-state index >= 15 is 0 Å². The molecule has 5 nitrogen and oxygen atoms in total. The third kappa shape index (κ3) is 3.81. The van der Waals surface area contributed by atoms with Crippen LogP contribution >= 0.6 is 0 Å². The molecule has 0 aromatic heterocycles. The number of hydrogen-bond donors (Lipinski definition) is 0. The van der Waals surface area contributed by atoms with Crippen LogP contribution in [0.15, 0.2) is 63.8 Å². The van der Waals surface area contributed by atoms with E-state index in [1.54, 1.807) is 12.1 Å². The number of nitrogens with zero attached hydrogens (tertiary/aromatic N) is 3. The zero-order valence-corrected chi connectivity index (χ0v) is 13.9. The maximum absolute atomic E-state index is 12.6. The summed E-state index contributed by atoms with van der Waals surface area (Å²) in [5.41, 5.74) is 0.567. The van der Waals surface area contributed by atoms with Crippen LogP contribution in [0.25, 0.3) is 0 Å². The highest BCUT2D eigenvalue weighted by Crippen LogP contribution is 2.33. The second-order valence-corrected chi connectivity index (χ2v) is 7.70. The van der Waals surface area contributed by atoms with Gasteiger partial charge in [0.1, 0.15) is 6.04 Å². The van der Waals surface area contributed by atoms with Crippen molar-refractivity contribution in [2.24, 2.45) is 10.3 Å². The Morgan fingerprint density at radius 2 is 1.64 bits per heavy atom. The number of sulfone groups is 1. The summed E-state index contributed by atoms with van der Waals surface area (Å²) in [5, 5.41) is 9.60. The largest absolute Gasteiger partial charge is 0.416 e. The van der Waals surface area contributed by atoms with Gasteiger partial charge in [0.15, 0.2) is 9.84 Å². The van der Waals surface area contributed by atoms with Gasteiger partial charge in [0.05, 0.1) is 22.7 Å². The molecule has 0 radical (unpaired) electrons. The third-order valence-corrected chi connectivity index (χ3v) is 4.96. The molecule has 1 unspecified atom stereocenters. The van der Waals surface area contributed by atoms with Crippen LogP contribution in [0.5, 0.6) is 0 Å². The lowest BCUT2D eigenvalue weighted by atomic mass is 10.1. The molecule has 9 heteroatoms. The molecule has 0 saturated carbocycles. The summed E-state index contributed by atoms with van der Waals surface area (Å²) >= 11 is 0. The van der Waals surface area contributed by atoms with Crippen LogP contribution in [0.4, 0.5) is 18.9 Å². The second-order valence-electron chi connectivity index (χ2n) is 5.69. The summed E-state index contributed by atoms with van der Waals surface area (Å²) in [6.07, 6.45) is -3.25. The molecule has 0 bridgehead atoms. The van der Waals surface area contributed by atoms with Crippen molar-refractivity contribution in [3.05, 3.63) is 59.7 Å². The number of halogens is 3. The molecule has 0 N–H and O–H groups in total. The molecule has 1 atom stereocenters. The number of alkyl halides is 3. The average Bonchev–Trinajstić information content (AvgIpc) is 3.03. The Morgan fingerprint density at radius 1 is 1.04 bits per heavy atom. The van der Waals surface area contributed by atoms with E-state index in [0.29, 0.717) is 12.2 Å². The van der Waals surface area contributed by atoms with Gasteiger partial charge in [0.25, 0.3) is 0 Å². The zero-order chi connectivity index (χ0) is 18.2. The minimum atomic E-state index is -4.38. The van der Waals surface area contributed by atoms with Crippen molar-refractivity contribution in [1.82, 2.24) is 0 Å². The van der Waals surface area contributed by atoms with Gasteiger partial charge in [0, 0.05) is 6.26 Å². The normalized spacial score (nSPS) is 17.9. The van der Waals surface area contributed by atoms with Gasteiger partial charge >= 0.3 is 6.18 Å². The van der Waals surface area contributed by atoms with Gasteiger partial charge in [-0.15, -0.1) is 0 Å². The molecule has 1 aliphatic heterocycles. The first-order valence-electron chi connectivity index (χ1n) is 7.30. The smallest absolute Gasteiger partial charge is 0.245 e. The molecule has 1 heterocycles. The average molecular weight is 369 g/mol. The summed E-state index contributed by atoms with van der Waals surface area (Å²) in [5.74, 6) is 0. The van der Waals surface area contributed by atoms with E-state index in [-0.39, 0.29) is 10.9 Å². The van der Waals surface area contributed by atoms with E-state index in [1.807, 2.05) is 0 Å². The standard InChI is InChI=1S/C16H14F3N3O2S/c1-25(23,24)14-8-2-11(3-9-14)15-10-22(21-20-15)13-6-4-12(5-7-13)16(17,18)19/h2-9,15H,10H2,1H3. The summed E-state index contributed by atoms with van der Waals surface area (Å²) in [7, 11) is -3.27. The summed E-state index contributed by atoms with van der Waals surface area (Å²) in [6, 6.07) is 10.7. The number of rotatable bonds is 3. The van der Waals surface area contributed by atoms with Crippen LogP contribution in [0.1, 0.15) is 17.2 Å². The topological polar surface area (TPSA) is 62.1 Å². The van der Waals surface area contributed by atoms with Crippen LogP contribution in [0, 0.1) is 0 Å². The van der Waals surface area contributed by atoms with Crippen molar-refractivity contribution in [2.75, 3.05) is 17.8 Å². The number of hydrogen-bond acceptors (Lipinski definition) is 5. The summed E-state index contributed by atoms with van der Waals surface area (Å²) in [4.78, 5) is 0.214. The van der Waals surface area contributed by atoms with E-state index in [0.717, 1.165) is 24.0 Å². The Balaban J connectivity index is 1.73. The number of anilines is 1. The summed E-state index contributed by atoms with van der Waals surface area (Å²) < 4.78 is 60.7. The molecule has 25 heavy (non-hydrogen) atoms. The minimum Gasteiger partial charge on any atom is -0.245 e. The molecule has 2 aromatic carbocycles. The van der Waals surface area contributed by atoms with E-state index < -0.39 is 21.6 Å². The molecule has 0 fully saturated rings. The molecule has 132 valence electrons. The summed E-state index contributed by atoms with van der Waals surface area (Å²) in [6.45, 7) is 0.365. The highest BCUT2D eigenvalue weighted by molar-refractivity contribution is 7.90. The third-order valence-electron chi connectivity index (χ3n) is 3.83. The maximum Gasteiger partial charge on any atom is 0.416 e. The monoisotopic (exact) mass is 369 g/mol. The van der Waals surface area contributed by atoms with Crippen molar-refractivity contribution < 1.29 is 21.6 Å². The Kier molecular flexibility index (Phi) is 4.28. The Bertz CT molecular complexity index is 892. The molecule has 1 aliphatic rings. The van der Waals surface area contributed by atoms with Crippen molar-refractivity contribution in [2.45, 2.75) is 17.1 Å². The molecule has 3 rings (SSSR count). The molecule has 0 aliphatic carbocycles. The van der Waals surface area contributed by atoms with Gasteiger partial charge in [-0.05, 0) is 42.0 Å². The first kappa shape index (κ1) is 17.4. The lowest BCUT2D eigenvalue weighted by Gasteiger charge is -2.15. The highest BCUT2D eigenvalue weighted by atomic mass is 32.2. The minimum absolute atomic E-state index is 0.214. The molecule has 2 aromatic rings. The fourth-order valence-electron chi connectivity index (χ4n) is 2.45. The molecular formula is C16H14F3N3O2S. The molecule has 0 amide bonds. The quantitative estimate of drug-likeness (QED) is 0.820. The zero-order valence-electron chi connectivity index (χ0n) is 13.1.